The summed E-state index contributed by atoms with van der Waals surface area (Å²) < 4.78 is 40.3. The lowest BCUT2D eigenvalue weighted by atomic mass is 10.1. The van der Waals surface area contributed by atoms with Crippen LogP contribution in [0.1, 0.15) is 18.5 Å². The van der Waals surface area contributed by atoms with Gasteiger partial charge in [-0.15, -0.1) is 13.2 Å². The van der Waals surface area contributed by atoms with Crippen LogP contribution >= 0.6 is 0 Å². The number of ether oxygens (including phenoxy) is 1. The minimum atomic E-state index is -4.67. The Labute approximate surface area is 104 Å². The van der Waals surface area contributed by atoms with Crippen molar-refractivity contribution in [2.45, 2.75) is 19.3 Å². The van der Waals surface area contributed by atoms with E-state index in [0.717, 1.165) is 6.54 Å². The molecule has 0 amide bonds. The van der Waals surface area contributed by atoms with Gasteiger partial charge in [0, 0.05) is 12.6 Å². The molecule has 1 aromatic rings. The normalized spacial score (nSPS) is 13.7. The van der Waals surface area contributed by atoms with Crippen LogP contribution in [0.5, 0.6) is 5.75 Å². The van der Waals surface area contributed by atoms with Crippen molar-refractivity contribution < 1.29 is 17.9 Å². The minimum Gasteiger partial charge on any atom is -0.406 e. The largest absolute Gasteiger partial charge is 0.573 e. The number of alkyl halides is 3. The molecule has 1 rings (SSSR count). The number of nitrogens with two attached hydrogens (primary N) is 1. The molecule has 0 heterocycles. The average molecular weight is 262 g/mol. The first-order chi connectivity index (χ1) is 8.37. The van der Waals surface area contributed by atoms with Crippen LogP contribution in [0.25, 0.3) is 0 Å². The SMILES string of the molecule is CCN(C)C(CN)c1cccc(OC(F)(F)F)c1. The second-order valence-corrected chi connectivity index (χ2v) is 3.95. The van der Waals surface area contributed by atoms with Crippen molar-refractivity contribution in [3.05, 3.63) is 29.8 Å². The molecule has 0 aliphatic heterocycles. The zero-order chi connectivity index (χ0) is 13.8. The summed E-state index contributed by atoms with van der Waals surface area (Å²) in [4.78, 5) is 1.96. The molecular formula is C12H17F3N2O. The van der Waals surface area contributed by atoms with E-state index < -0.39 is 6.36 Å². The third-order valence-corrected chi connectivity index (χ3v) is 2.73. The molecule has 3 nitrogen and oxygen atoms in total. The zero-order valence-electron chi connectivity index (χ0n) is 10.4. The van der Waals surface area contributed by atoms with Crippen LogP contribution in [0.2, 0.25) is 0 Å². The quantitative estimate of drug-likeness (QED) is 0.886. The molecule has 0 aliphatic rings. The van der Waals surface area contributed by atoms with Gasteiger partial charge >= 0.3 is 6.36 Å². The van der Waals surface area contributed by atoms with Crippen molar-refractivity contribution in [2.75, 3.05) is 20.1 Å². The standard InChI is InChI=1S/C12H17F3N2O/c1-3-17(2)11(8-16)9-5-4-6-10(7-9)18-12(13,14)15/h4-7,11H,3,8,16H2,1-2H3. The van der Waals surface area contributed by atoms with E-state index in [2.05, 4.69) is 4.74 Å². The average Bonchev–Trinajstić information content (AvgIpc) is 2.28. The molecular weight excluding hydrogens is 245 g/mol. The van der Waals surface area contributed by atoms with Crippen molar-refractivity contribution in [3.63, 3.8) is 0 Å². The number of benzene rings is 1. The van der Waals surface area contributed by atoms with E-state index in [-0.39, 0.29) is 11.8 Å². The molecule has 0 spiro atoms. The Balaban J connectivity index is 2.93. The lowest BCUT2D eigenvalue weighted by Gasteiger charge is -2.26. The van der Waals surface area contributed by atoms with Gasteiger partial charge < -0.3 is 10.5 Å². The maximum atomic E-state index is 12.1. The highest BCUT2D eigenvalue weighted by Gasteiger charge is 2.31. The van der Waals surface area contributed by atoms with E-state index in [9.17, 15) is 13.2 Å². The molecule has 1 unspecified atom stereocenters. The highest BCUT2D eigenvalue weighted by molar-refractivity contribution is 5.31. The van der Waals surface area contributed by atoms with Gasteiger partial charge in [0.2, 0.25) is 0 Å². The molecule has 2 N–H and O–H groups in total. The molecule has 0 saturated heterocycles. The van der Waals surface area contributed by atoms with E-state index in [4.69, 9.17) is 5.73 Å². The van der Waals surface area contributed by atoms with Gasteiger partial charge in [0.25, 0.3) is 0 Å². The molecule has 6 heteroatoms. The molecule has 0 bridgehead atoms. The lowest BCUT2D eigenvalue weighted by molar-refractivity contribution is -0.274. The van der Waals surface area contributed by atoms with Gasteiger partial charge in [0.05, 0.1) is 0 Å². The van der Waals surface area contributed by atoms with Crippen LogP contribution in [-0.4, -0.2) is 31.4 Å². The Hall–Kier alpha value is -1.27. The van der Waals surface area contributed by atoms with Gasteiger partial charge in [-0.3, -0.25) is 4.90 Å². The predicted octanol–water partition coefficient (Wildman–Crippen LogP) is 2.54. The number of halogens is 3. The first-order valence-electron chi connectivity index (χ1n) is 5.63. The first kappa shape index (κ1) is 14.8. The van der Waals surface area contributed by atoms with Crippen LogP contribution in [0, 0.1) is 0 Å². The topological polar surface area (TPSA) is 38.5 Å². The fourth-order valence-electron chi connectivity index (χ4n) is 1.71. The molecule has 18 heavy (non-hydrogen) atoms. The number of likely N-dealkylation sites (N-methyl/N-ethyl adjacent to an activating group) is 1. The monoisotopic (exact) mass is 262 g/mol. The van der Waals surface area contributed by atoms with Gasteiger partial charge in [0.15, 0.2) is 0 Å². The second kappa shape index (κ2) is 6.06. The summed E-state index contributed by atoms with van der Waals surface area (Å²) in [5.74, 6) is -0.219. The van der Waals surface area contributed by atoms with Crippen molar-refractivity contribution in [2.24, 2.45) is 5.73 Å². The van der Waals surface area contributed by atoms with Crippen LogP contribution in [0.4, 0.5) is 13.2 Å². The van der Waals surface area contributed by atoms with Crippen LogP contribution in [0.3, 0.4) is 0 Å². The van der Waals surface area contributed by atoms with Crippen molar-refractivity contribution >= 4 is 0 Å². The molecule has 0 aromatic heterocycles. The van der Waals surface area contributed by atoms with Gasteiger partial charge in [-0.2, -0.15) is 0 Å². The lowest BCUT2D eigenvalue weighted by Crippen LogP contribution is -2.30. The summed E-state index contributed by atoms with van der Waals surface area (Å²) in [6.45, 7) is 3.05. The summed E-state index contributed by atoms with van der Waals surface area (Å²) in [6, 6.07) is 5.80. The summed E-state index contributed by atoms with van der Waals surface area (Å²) in [5.41, 5.74) is 6.37. The van der Waals surface area contributed by atoms with Gasteiger partial charge in [-0.1, -0.05) is 19.1 Å². The maximum Gasteiger partial charge on any atom is 0.573 e. The fraction of sp³-hybridized carbons (Fsp3) is 0.500. The minimum absolute atomic E-state index is 0.119. The Bertz CT molecular complexity index is 382. The summed E-state index contributed by atoms with van der Waals surface area (Å²) in [7, 11) is 1.87. The predicted molar refractivity (Wildman–Crippen MR) is 63.2 cm³/mol. The third-order valence-electron chi connectivity index (χ3n) is 2.73. The molecule has 0 saturated carbocycles. The van der Waals surface area contributed by atoms with E-state index in [1.807, 2.05) is 18.9 Å². The van der Waals surface area contributed by atoms with Gasteiger partial charge in [0.1, 0.15) is 5.75 Å². The van der Waals surface area contributed by atoms with E-state index in [1.54, 1.807) is 6.07 Å². The third kappa shape index (κ3) is 4.19. The summed E-state index contributed by atoms with van der Waals surface area (Å²) in [6.07, 6.45) is -4.67. The Morgan fingerprint density at radius 1 is 1.39 bits per heavy atom. The van der Waals surface area contributed by atoms with E-state index in [1.165, 1.54) is 18.2 Å². The van der Waals surface area contributed by atoms with Crippen LogP contribution in [-0.2, 0) is 0 Å². The van der Waals surface area contributed by atoms with Crippen molar-refractivity contribution in [1.29, 1.82) is 0 Å². The second-order valence-electron chi connectivity index (χ2n) is 3.95. The Morgan fingerprint density at radius 2 is 2.06 bits per heavy atom. The van der Waals surface area contributed by atoms with Gasteiger partial charge in [-0.05, 0) is 31.3 Å². The number of rotatable bonds is 5. The van der Waals surface area contributed by atoms with Crippen molar-refractivity contribution in [3.8, 4) is 5.75 Å². The van der Waals surface area contributed by atoms with Crippen LogP contribution in [0.15, 0.2) is 24.3 Å². The summed E-state index contributed by atoms with van der Waals surface area (Å²) in [5, 5.41) is 0. The number of hydrogen-bond acceptors (Lipinski definition) is 3. The molecule has 1 atom stereocenters. The smallest absolute Gasteiger partial charge is 0.406 e. The Kier molecular flexibility index (Phi) is 4.98. The highest BCUT2D eigenvalue weighted by Crippen LogP contribution is 2.26. The molecule has 1 aromatic carbocycles. The summed E-state index contributed by atoms with van der Waals surface area (Å²) >= 11 is 0. The number of nitrogens with zero attached hydrogens (tertiary/aromatic N) is 1. The fourth-order valence-corrected chi connectivity index (χ4v) is 1.71. The Morgan fingerprint density at radius 3 is 2.56 bits per heavy atom. The number of hydrogen-bond donors (Lipinski definition) is 1. The van der Waals surface area contributed by atoms with E-state index in [0.29, 0.717) is 12.1 Å². The van der Waals surface area contributed by atoms with Crippen LogP contribution < -0.4 is 10.5 Å². The van der Waals surface area contributed by atoms with Gasteiger partial charge in [-0.25, -0.2) is 0 Å². The highest BCUT2D eigenvalue weighted by atomic mass is 19.4. The molecule has 102 valence electrons. The zero-order valence-corrected chi connectivity index (χ0v) is 10.4. The first-order valence-corrected chi connectivity index (χ1v) is 5.63. The molecule has 0 radical (unpaired) electrons. The molecule has 0 fully saturated rings. The maximum absolute atomic E-state index is 12.1. The van der Waals surface area contributed by atoms with E-state index >= 15 is 0 Å². The molecule has 0 aliphatic carbocycles. The van der Waals surface area contributed by atoms with Crippen molar-refractivity contribution in [1.82, 2.24) is 4.90 Å².